The SMILES string of the molecule is C[N+](C)(C)C[C@H](N)CC(N)=O. The summed E-state index contributed by atoms with van der Waals surface area (Å²) in [5.74, 6) is -0.328. The molecule has 4 nitrogen and oxygen atoms in total. The Hall–Kier alpha value is -0.610. The largest absolute Gasteiger partial charge is 0.370 e. The molecule has 0 rings (SSSR count). The highest BCUT2D eigenvalue weighted by Gasteiger charge is 2.15. The molecular formula is C7H18N3O+. The number of primary amides is 1. The van der Waals surface area contributed by atoms with Gasteiger partial charge in [0.1, 0.15) is 0 Å². The van der Waals surface area contributed by atoms with Gasteiger partial charge in [-0.2, -0.15) is 0 Å². The Bertz CT molecular complexity index is 139. The van der Waals surface area contributed by atoms with E-state index in [9.17, 15) is 4.79 Å². The number of carbonyl (C=O) groups is 1. The maximum Gasteiger partial charge on any atom is 0.219 e. The Labute approximate surface area is 67.7 Å². The average molecular weight is 160 g/mol. The minimum atomic E-state index is -0.328. The molecule has 0 spiro atoms. The van der Waals surface area contributed by atoms with Gasteiger partial charge >= 0.3 is 0 Å². The van der Waals surface area contributed by atoms with Crippen LogP contribution in [0.25, 0.3) is 0 Å². The van der Waals surface area contributed by atoms with Crippen LogP contribution in [0, 0.1) is 0 Å². The van der Waals surface area contributed by atoms with E-state index in [2.05, 4.69) is 0 Å². The number of nitrogens with zero attached hydrogens (tertiary/aromatic N) is 1. The fourth-order valence-electron chi connectivity index (χ4n) is 1.03. The van der Waals surface area contributed by atoms with Crippen LogP contribution in [0.3, 0.4) is 0 Å². The standard InChI is InChI=1S/C7H17N3O/c1-10(2,3)5-6(8)4-7(9)11/h6H,4-5,8H2,1-3H3,(H-,9,11)/p+1/t6-/m1/s1. The van der Waals surface area contributed by atoms with E-state index in [1.54, 1.807) is 0 Å². The topological polar surface area (TPSA) is 69.1 Å². The van der Waals surface area contributed by atoms with Crippen molar-refractivity contribution in [1.82, 2.24) is 0 Å². The lowest BCUT2D eigenvalue weighted by Crippen LogP contribution is -2.46. The van der Waals surface area contributed by atoms with Crippen molar-refractivity contribution in [3.8, 4) is 0 Å². The molecule has 0 aromatic rings. The van der Waals surface area contributed by atoms with Crippen LogP contribution in [0.2, 0.25) is 0 Å². The van der Waals surface area contributed by atoms with Crippen molar-refractivity contribution in [2.24, 2.45) is 11.5 Å². The molecular weight excluding hydrogens is 142 g/mol. The Morgan fingerprint density at radius 2 is 1.91 bits per heavy atom. The van der Waals surface area contributed by atoms with E-state index < -0.39 is 0 Å². The summed E-state index contributed by atoms with van der Waals surface area (Å²) in [4.78, 5) is 10.4. The maximum atomic E-state index is 10.4. The Morgan fingerprint density at radius 3 is 2.18 bits per heavy atom. The molecule has 0 aliphatic rings. The molecule has 11 heavy (non-hydrogen) atoms. The van der Waals surface area contributed by atoms with E-state index in [-0.39, 0.29) is 18.4 Å². The van der Waals surface area contributed by atoms with Gasteiger partial charge in [0.05, 0.1) is 33.7 Å². The number of likely N-dealkylation sites (N-methyl/N-ethyl adjacent to an activating group) is 1. The normalized spacial score (nSPS) is 14.5. The number of quaternary nitrogens is 1. The monoisotopic (exact) mass is 160 g/mol. The van der Waals surface area contributed by atoms with Gasteiger partial charge in [-0.15, -0.1) is 0 Å². The first-order valence-electron chi connectivity index (χ1n) is 3.65. The molecule has 0 saturated carbocycles. The van der Waals surface area contributed by atoms with Crippen molar-refractivity contribution in [1.29, 1.82) is 0 Å². The molecule has 0 aliphatic heterocycles. The molecule has 66 valence electrons. The predicted octanol–water partition coefficient (Wildman–Crippen LogP) is -1.10. The zero-order chi connectivity index (χ0) is 9.07. The lowest BCUT2D eigenvalue weighted by atomic mass is 10.2. The highest BCUT2D eigenvalue weighted by Crippen LogP contribution is 1.95. The Balaban J connectivity index is 3.69. The van der Waals surface area contributed by atoms with Crippen LogP contribution in [0.15, 0.2) is 0 Å². The molecule has 0 aliphatic carbocycles. The summed E-state index contributed by atoms with van der Waals surface area (Å²) in [6.45, 7) is 0.767. The fraction of sp³-hybridized carbons (Fsp3) is 0.857. The van der Waals surface area contributed by atoms with E-state index in [1.807, 2.05) is 21.1 Å². The number of hydrogen-bond donors (Lipinski definition) is 2. The molecule has 4 heteroatoms. The summed E-state index contributed by atoms with van der Waals surface area (Å²) in [7, 11) is 6.09. The number of rotatable bonds is 4. The van der Waals surface area contributed by atoms with Crippen molar-refractivity contribution in [2.45, 2.75) is 12.5 Å². The fourth-order valence-corrected chi connectivity index (χ4v) is 1.03. The lowest BCUT2D eigenvalue weighted by Gasteiger charge is -2.26. The van der Waals surface area contributed by atoms with Gasteiger partial charge in [0.15, 0.2) is 0 Å². The molecule has 0 heterocycles. The molecule has 0 unspecified atom stereocenters. The van der Waals surface area contributed by atoms with Gasteiger partial charge in [0, 0.05) is 6.42 Å². The first-order valence-corrected chi connectivity index (χ1v) is 3.65. The highest BCUT2D eigenvalue weighted by atomic mass is 16.1. The molecule has 1 amide bonds. The van der Waals surface area contributed by atoms with E-state index >= 15 is 0 Å². The van der Waals surface area contributed by atoms with Crippen LogP contribution < -0.4 is 11.5 Å². The highest BCUT2D eigenvalue weighted by molar-refractivity contribution is 5.74. The second-order valence-electron chi connectivity index (χ2n) is 3.90. The second kappa shape index (κ2) is 3.69. The van der Waals surface area contributed by atoms with E-state index in [1.165, 1.54) is 0 Å². The van der Waals surface area contributed by atoms with Crippen molar-refractivity contribution < 1.29 is 9.28 Å². The Morgan fingerprint density at radius 1 is 1.45 bits per heavy atom. The predicted molar refractivity (Wildman–Crippen MR) is 44.7 cm³/mol. The summed E-state index contributed by atoms with van der Waals surface area (Å²) in [5.41, 5.74) is 10.6. The van der Waals surface area contributed by atoms with Crippen LogP contribution in [-0.2, 0) is 4.79 Å². The third kappa shape index (κ3) is 7.29. The van der Waals surface area contributed by atoms with Crippen molar-refractivity contribution in [3.05, 3.63) is 0 Å². The molecule has 1 atom stereocenters. The van der Waals surface area contributed by atoms with Crippen molar-refractivity contribution in [2.75, 3.05) is 27.7 Å². The Kier molecular flexibility index (Phi) is 3.48. The molecule has 0 saturated heterocycles. The number of nitrogens with two attached hydrogens (primary N) is 2. The van der Waals surface area contributed by atoms with E-state index in [4.69, 9.17) is 11.5 Å². The van der Waals surface area contributed by atoms with Crippen molar-refractivity contribution >= 4 is 5.91 Å². The summed E-state index contributed by atoms with van der Waals surface area (Å²) >= 11 is 0. The van der Waals surface area contributed by atoms with E-state index in [0.29, 0.717) is 0 Å². The van der Waals surface area contributed by atoms with Gasteiger partial charge in [-0.25, -0.2) is 0 Å². The first kappa shape index (κ1) is 10.4. The first-order chi connectivity index (χ1) is 4.81. The summed E-state index contributed by atoms with van der Waals surface area (Å²) < 4.78 is 0.758. The average Bonchev–Trinajstić information content (AvgIpc) is 1.53. The van der Waals surface area contributed by atoms with Gasteiger partial charge in [0.2, 0.25) is 5.91 Å². The molecule has 0 aromatic heterocycles. The van der Waals surface area contributed by atoms with Gasteiger partial charge in [0.25, 0.3) is 0 Å². The zero-order valence-corrected chi connectivity index (χ0v) is 7.50. The molecule has 0 fully saturated rings. The minimum absolute atomic E-state index is 0.118. The third-order valence-corrected chi connectivity index (χ3v) is 1.25. The summed E-state index contributed by atoms with van der Waals surface area (Å²) in [6.07, 6.45) is 0.273. The zero-order valence-electron chi connectivity index (χ0n) is 7.50. The molecule has 0 aromatic carbocycles. The molecule has 4 N–H and O–H groups in total. The maximum absolute atomic E-state index is 10.4. The molecule has 0 radical (unpaired) electrons. The lowest BCUT2D eigenvalue weighted by molar-refractivity contribution is -0.871. The van der Waals surface area contributed by atoms with Gasteiger partial charge < -0.3 is 16.0 Å². The molecule has 0 bridgehead atoms. The quantitative estimate of drug-likeness (QED) is 0.512. The second-order valence-corrected chi connectivity index (χ2v) is 3.90. The number of hydrogen-bond acceptors (Lipinski definition) is 2. The van der Waals surface area contributed by atoms with Gasteiger partial charge in [-0.3, -0.25) is 4.79 Å². The van der Waals surface area contributed by atoms with Crippen LogP contribution in [0.4, 0.5) is 0 Å². The van der Waals surface area contributed by atoms with Crippen LogP contribution in [0.5, 0.6) is 0 Å². The number of amides is 1. The van der Waals surface area contributed by atoms with E-state index in [0.717, 1.165) is 11.0 Å². The van der Waals surface area contributed by atoms with Gasteiger partial charge in [-0.05, 0) is 0 Å². The van der Waals surface area contributed by atoms with Crippen LogP contribution >= 0.6 is 0 Å². The van der Waals surface area contributed by atoms with Crippen LogP contribution in [0.1, 0.15) is 6.42 Å². The summed E-state index contributed by atoms with van der Waals surface area (Å²) in [5, 5.41) is 0. The summed E-state index contributed by atoms with van der Waals surface area (Å²) in [6, 6.07) is -0.118. The van der Waals surface area contributed by atoms with Gasteiger partial charge in [-0.1, -0.05) is 0 Å². The smallest absolute Gasteiger partial charge is 0.219 e. The minimum Gasteiger partial charge on any atom is -0.370 e. The van der Waals surface area contributed by atoms with Crippen molar-refractivity contribution in [3.63, 3.8) is 0 Å². The number of carbonyl (C=O) groups excluding carboxylic acids is 1. The third-order valence-electron chi connectivity index (χ3n) is 1.25. The van der Waals surface area contributed by atoms with Crippen LogP contribution in [-0.4, -0.2) is 44.1 Å².